The summed E-state index contributed by atoms with van der Waals surface area (Å²) in [6.07, 6.45) is 2.19. The molecule has 2 rings (SSSR count). The molecule has 1 aromatic carbocycles. The van der Waals surface area contributed by atoms with Gasteiger partial charge < -0.3 is 10.6 Å². The number of allylic oxidation sites excluding steroid dienone is 1. The lowest BCUT2D eigenvalue weighted by Crippen LogP contribution is -2.30. The Morgan fingerprint density at radius 1 is 1.52 bits per heavy atom. The highest BCUT2D eigenvalue weighted by atomic mass is 35.5. The third-order valence-corrected chi connectivity index (χ3v) is 3.41. The van der Waals surface area contributed by atoms with Crippen molar-refractivity contribution in [3.05, 3.63) is 38.0 Å². The number of anilines is 1. The summed E-state index contributed by atoms with van der Waals surface area (Å²) in [5, 5.41) is 12.8. The van der Waals surface area contributed by atoms with Crippen LogP contribution in [0.4, 0.5) is 11.4 Å². The number of nitrogens with two attached hydrogens (primary N) is 1. The predicted octanol–water partition coefficient (Wildman–Crippen LogP) is 3.33. The maximum Gasteiger partial charge on any atom is 0.293 e. The van der Waals surface area contributed by atoms with Gasteiger partial charge in [0.15, 0.2) is 5.75 Å². The predicted molar refractivity (Wildman–Crippen MR) is 81.5 cm³/mol. The van der Waals surface area contributed by atoms with Gasteiger partial charge in [-0.2, -0.15) is 5.06 Å². The van der Waals surface area contributed by atoms with Crippen molar-refractivity contribution in [3.63, 3.8) is 0 Å². The molecule has 0 fully saturated rings. The van der Waals surface area contributed by atoms with Gasteiger partial charge in [-0.3, -0.25) is 10.1 Å². The van der Waals surface area contributed by atoms with Crippen LogP contribution in [0, 0.1) is 10.1 Å². The number of nitrogen functional groups attached to an aromatic ring is 1. The third-order valence-electron chi connectivity index (χ3n) is 2.78. The number of rotatable bonds is 4. The molecule has 9 heteroatoms. The molecule has 1 aromatic rings. The van der Waals surface area contributed by atoms with Crippen LogP contribution in [0.3, 0.4) is 0 Å². The zero-order valence-corrected chi connectivity index (χ0v) is 12.6. The number of benzene rings is 1. The molecule has 1 aliphatic rings. The minimum Gasteiger partial charge on any atom is -0.393 e. The van der Waals surface area contributed by atoms with Gasteiger partial charge in [-0.1, -0.05) is 30.1 Å². The van der Waals surface area contributed by atoms with E-state index >= 15 is 0 Å². The molecule has 112 valence electrons. The number of aliphatic imine (C=N–C) groups is 1. The smallest absolute Gasteiger partial charge is 0.293 e. The SMILES string of the molecule is CCC1=C(Cl)CN(Oc2cc(N)c([N+](=O)[O-])cc2Cl)C=N1. The van der Waals surface area contributed by atoms with E-state index in [4.69, 9.17) is 33.8 Å². The molecule has 21 heavy (non-hydrogen) atoms. The summed E-state index contributed by atoms with van der Waals surface area (Å²) in [4.78, 5) is 19.8. The number of hydrogen-bond donors (Lipinski definition) is 1. The van der Waals surface area contributed by atoms with Gasteiger partial charge in [0.05, 0.1) is 27.2 Å². The molecule has 0 saturated heterocycles. The molecule has 0 saturated carbocycles. The quantitative estimate of drug-likeness (QED) is 0.519. The summed E-state index contributed by atoms with van der Waals surface area (Å²) in [5.74, 6) is 0.190. The highest BCUT2D eigenvalue weighted by Crippen LogP contribution is 2.34. The molecule has 0 aliphatic carbocycles. The van der Waals surface area contributed by atoms with Crippen molar-refractivity contribution < 1.29 is 9.76 Å². The second kappa shape index (κ2) is 6.19. The maximum absolute atomic E-state index is 10.8. The van der Waals surface area contributed by atoms with Crippen LogP contribution in [-0.4, -0.2) is 22.9 Å². The number of halogens is 2. The molecule has 0 bridgehead atoms. The molecule has 0 amide bonds. The fourth-order valence-corrected chi connectivity index (χ4v) is 2.22. The zero-order valence-electron chi connectivity index (χ0n) is 11.0. The lowest BCUT2D eigenvalue weighted by atomic mass is 10.2. The molecule has 2 N–H and O–H groups in total. The molecule has 1 aliphatic heterocycles. The monoisotopic (exact) mass is 330 g/mol. The van der Waals surface area contributed by atoms with Crippen LogP contribution in [-0.2, 0) is 0 Å². The second-order valence-electron chi connectivity index (χ2n) is 4.21. The molecule has 1 heterocycles. The van der Waals surface area contributed by atoms with E-state index in [1.54, 1.807) is 0 Å². The summed E-state index contributed by atoms with van der Waals surface area (Å²) in [6.45, 7) is 2.25. The van der Waals surface area contributed by atoms with E-state index in [1.165, 1.54) is 17.5 Å². The van der Waals surface area contributed by atoms with E-state index in [0.717, 1.165) is 11.8 Å². The Labute approximate surface area is 130 Å². The number of nitro benzene ring substituents is 1. The van der Waals surface area contributed by atoms with E-state index in [2.05, 4.69) is 4.99 Å². The average Bonchev–Trinajstić information content (AvgIpc) is 2.42. The van der Waals surface area contributed by atoms with Crippen LogP contribution in [0.5, 0.6) is 5.75 Å². The number of nitro groups is 1. The fourth-order valence-electron chi connectivity index (χ4n) is 1.72. The van der Waals surface area contributed by atoms with Gasteiger partial charge >= 0.3 is 0 Å². The fraction of sp³-hybridized carbons (Fsp3) is 0.250. The van der Waals surface area contributed by atoms with Crippen molar-refractivity contribution in [1.82, 2.24) is 5.06 Å². The first-order valence-corrected chi connectivity index (χ1v) is 6.77. The van der Waals surface area contributed by atoms with Crippen LogP contribution >= 0.6 is 23.2 Å². The zero-order chi connectivity index (χ0) is 15.6. The topological polar surface area (TPSA) is 94.0 Å². The Hall–Kier alpha value is -1.99. The van der Waals surface area contributed by atoms with Crippen molar-refractivity contribution >= 4 is 40.9 Å². The van der Waals surface area contributed by atoms with Gasteiger partial charge in [0.25, 0.3) is 5.69 Å². The Morgan fingerprint density at radius 2 is 2.24 bits per heavy atom. The van der Waals surface area contributed by atoms with E-state index in [9.17, 15) is 10.1 Å². The first kappa shape index (κ1) is 15.4. The van der Waals surface area contributed by atoms with Gasteiger partial charge in [-0.15, -0.1) is 0 Å². The highest BCUT2D eigenvalue weighted by molar-refractivity contribution is 6.32. The molecule has 0 spiro atoms. The summed E-state index contributed by atoms with van der Waals surface area (Å²) >= 11 is 12.0. The van der Waals surface area contributed by atoms with Crippen LogP contribution in [0.25, 0.3) is 0 Å². The van der Waals surface area contributed by atoms with E-state index in [0.29, 0.717) is 18.0 Å². The van der Waals surface area contributed by atoms with Gasteiger partial charge in [0.2, 0.25) is 0 Å². The largest absolute Gasteiger partial charge is 0.393 e. The minimum atomic E-state index is -0.611. The van der Waals surface area contributed by atoms with Crippen LogP contribution in [0.2, 0.25) is 5.02 Å². The Balaban J connectivity index is 2.19. The maximum atomic E-state index is 10.8. The Kier molecular flexibility index (Phi) is 4.54. The minimum absolute atomic E-state index is 0.0377. The average molecular weight is 331 g/mol. The summed E-state index contributed by atoms with van der Waals surface area (Å²) in [7, 11) is 0. The molecule has 0 aromatic heterocycles. The van der Waals surface area contributed by atoms with Crippen LogP contribution < -0.4 is 10.6 Å². The van der Waals surface area contributed by atoms with Gasteiger partial charge in [0.1, 0.15) is 12.0 Å². The van der Waals surface area contributed by atoms with Crippen molar-refractivity contribution in [2.24, 2.45) is 4.99 Å². The van der Waals surface area contributed by atoms with E-state index < -0.39 is 4.92 Å². The first-order valence-electron chi connectivity index (χ1n) is 6.02. The third kappa shape index (κ3) is 3.37. The molecular formula is C12H12Cl2N4O3. The number of nitrogens with zero attached hydrogens (tertiary/aromatic N) is 3. The van der Waals surface area contributed by atoms with Crippen molar-refractivity contribution in [3.8, 4) is 5.75 Å². The standard InChI is InChI=1S/C12H12Cl2N4O3/c1-2-10-8(14)5-17(6-16-10)21-12-4-9(15)11(18(19)20)3-7(12)13/h3-4,6H,2,5,15H2,1H3. The van der Waals surface area contributed by atoms with Crippen LogP contribution in [0.1, 0.15) is 13.3 Å². The lowest BCUT2D eigenvalue weighted by Gasteiger charge is -2.23. The van der Waals surface area contributed by atoms with E-state index in [1.807, 2.05) is 6.92 Å². The normalized spacial score (nSPS) is 14.5. The molecular weight excluding hydrogens is 319 g/mol. The van der Waals surface area contributed by atoms with Crippen molar-refractivity contribution in [2.75, 3.05) is 12.3 Å². The lowest BCUT2D eigenvalue weighted by molar-refractivity contribution is -0.383. The summed E-state index contributed by atoms with van der Waals surface area (Å²) < 4.78 is 0. The van der Waals surface area contributed by atoms with Crippen molar-refractivity contribution in [2.45, 2.75) is 13.3 Å². The van der Waals surface area contributed by atoms with Crippen LogP contribution in [0.15, 0.2) is 27.9 Å². The second-order valence-corrected chi connectivity index (χ2v) is 5.08. The van der Waals surface area contributed by atoms with Gasteiger partial charge in [-0.05, 0) is 6.42 Å². The first-order chi connectivity index (χ1) is 9.92. The molecule has 0 atom stereocenters. The Morgan fingerprint density at radius 3 is 2.81 bits per heavy atom. The Bertz CT molecular complexity index is 646. The molecule has 0 radical (unpaired) electrons. The number of hydrogen-bond acceptors (Lipinski definition) is 6. The highest BCUT2D eigenvalue weighted by Gasteiger charge is 2.19. The summed E-state index contributed by atoms with van der Waals surface area (Å²) in [6, 6.07) is 2.43. The van der Waals surface area contributed by atoms with E-state index in [-0.39, 0.29) is 22.1 Å². The number of hydroxylamine groups is 2. The summed E-state index contributed by atoms with van der Waals surface area (Å²) in [5.41, 5.74) is 6.07. The van der Waals surface area contributed by atoms with Gasteiger partial charge in [-0.25, -0.2) is 4.99 Å². The molecule has 7 nitrogen and oxygen atoms in total. The molecule has 0 unspecified atom stereocenters. The van der Waals surface area contributed by atoms with Gasteiger partial charge in [0, 0.05) is 12.1 Å². The van der Waals surface area contributed by atoms with Crippen molar-refractivity contribution in [1.29, 1.82) is 0 Å².